The molecule has 114 valence electrons. The van der Waals surface area contributed by atoms with E-state index in [-0.39, 0.29) is 23.0 Å². The number of pyridine rings is 1. The third-order valence-electron chi connectivity index (χ3n) is 4.04. The van der Waals surface area contributed by atoms with Crippen LogP contribution in [0, 0.1) is 12.7 Å². The Balaban J connectivity index is 2.26. The maximum atomic E-state index is 13.1. The fraction of sp³-hybridized carbons (Fsp3) is 0.250. The Labute approximate surface area is 125 Å². The van der Waals surface area contributed by atoms with E-state index in [1.54, 1.807) is 30.7 Å². The van der Waals surface area contributed by atoms with E-state index in [9.17, 15) is 14.0 Å². The molecule has 0 bridgehead atoms. The van der Waals surface area contributed by atoms with E-state index in [4.69, 9.17) is 0 Å². The van der Waals surface area contributed by atoms with Crippen LogP contribution in [0.4, 0.5) is 4.39 Å². The average molecular weight is 301 g/mol. The summed E-state index contributed by atoms with van der Waals surface area (Å²) in [6.45, 7) is 3.60. The molecule has 0 aliphatic carbocycles. The van der Waals surface area contributed by atoms with E-state index < -0.39 is 0 Å². The zero-order valence-corrected chi connectivity index (χ0v) is 12.6. The van der Waals surface area contributed by atoms with Gasteiger partial charge in [0.1, 0.15) is 5.82 Å². The summed E-state index contributed by atoms with van der Waals surface area (Å²) in [4.78, 5) is 24.6. The summed E-state index contributed by atoms with van der Waals surface area (Å²) in [6.07, 6.45) is 0. The molecule has 1 N–H and O–H groups in total. The van der Waals surface area contributed by atoms with E-state index >= 15 is 0 Å². The lowest BCUT2D eigenvalue weighted by atomic mass is 10.1. The first-order chi connectivity index (χ1) is 10.4. The predicted octanol–water partition coefficient (Wildman–Crippen LogP) is 2.09. The number of halogens is 1. The lowest BCUT2D eigenvalue weighted by molar-refractivity contribution is 0.594. The van der Waals surface area contributed by atoms with E-state index in [1.807, 2.05) is 6.92 Å². The van der Waals surface area contributed by atoms with Crippen LogP contribution in [0.25, 0.3) is 10.9 Å². The predicted molar refractivity (Wildman–Crippen MR) is 82.7 cm³/mol. The first kappa shape index (κ1) is 14.3. The van der Waals surface area contributed by atoms with Gasteiger partial charge < -0.3 is 4.57 Å². The minimum absolute atomic E-state index is 0.174. The molecule has 0 fully saturated rings. The van der Waals surface area contributed by atoms with Crippen LogP contribution in [0.3, 0.4) is 0 Å². The van der Waals surface area contributed by atoms with Gasteiger partial charge in [-0.2, -0.15) is 0 Å². The molecule has 0 spiro atoms. The van der Waals surface area contributed by atoms with Gasteiger partial charge in [0.05, 0.1) is 16.9 Å². The number of hydrogen-bond acceptors (Lipinski definition) is 2. The molecular formula is C16H16FN3O2. The van der Waals surface area contributed by atoms with Gasteiger partial charge in [-0.1, -0.05) is 12.1 Å². The van der Waals surface area contributed by atoms with E-state index in [0.717, 1.165) is 5.56 Å². The van der Waals surface area contributed by atoms with Crippen molar-refractivity contribution in [2.75, 3.05) is 0 Å². The summed E-state index contributed by atoms with van der Waals surface area (Å²) >= 11 is 0. The quantitative estimate of drug-likeness (QED) is 0.788. The molecule has 0 aliphatic rings. The van der Waals surface area contributed by atoms with Crippen LogP contribution in [0.15, 0.2) is 39.9 Å². The molecule has 2 aromatic heterocycles. The van der Waals surface area contributed by atoms with Crippen LogP contribution < -0.4 is 11.1 Å². The Bertz CT molecular complexity index is 964. The molecule has 1 atom stereocenters. The van der Waals surface area contributed by atoms with Crippen molar-refractivity contribution in [3.05, 3.63) is 68.1 Å². The monoisotopic (exact) mass is 301 g/mol. The molecule has 0 radical (unpaired) electrons. The van der Waals surface area contributed by atoms with Crippen molar-refractivity contribution < 1.29 is 4.39 Å². The molecule has 0 saturated heterocycles. The lowest BCUT2D eigenvalue weighted by Gasteiger charge is -2.18. The van der Waals surface area contributed by atoms with Crippen LogP contribution in [0.2, 0.25) is 0 Å². The number of rotatable bonds is 2. The second-order valence-electron chi connectivity index (χ2n) is 5.43. The van der Waals surface area contributed by atoms with Crippen molar-refractivity contribution in [2.45, 2.75) is 19.9 Å². The first-order valence-electron chi connectivity index (χ1n) is 6.96. The highest BCUT2D eigenvalue weighted by molar-refractivity contribution is 5.80. The molecule has 0 amide bonds. The van der Waals surface area contributed by atoms with Crippen LogP contribution >= 0.6 is 0 Å². The minimum Gasteiger partial charge on any atom is -0.305 e. The number of benzene rings is 1. The Morgan fingerprint density at radius 1 is 1.18 bits per heavy atom. The first-order valence-corrected chi connectivity index (χ1v) is 6.96. The molecule has 3 rings (SSSR count). The van der Waals surface area contributed by atoms with Gasteiger partial charge in [0.15, 0.2) is 0 Å². The average Bonchev–Trinajstić information content (AvgIpc) is 2.74. The molecule has 22 heavy (non-hydrogen) atoms. The molecule has 6 heteroatoms. The maximum absolute atomic E-state index is 13.1. The van der Waals surface area contributed by atoms with Crippen LogP contribution in [-0.2, 0) is 7.05 Å². The number of hydrogen-bond donors (Lipinski definition) is 1. The van der Waals surface area contributed by atoms with Crippen molar-refractivity contribution in [3.63, 3.8) is 0 Å². The van der Waals surface area contributed by atoms with Crippen LogP contribution in [-0.4, -0.2) is 14.3 Å². The Kier molecular flexibility index (Phi) is 3.24. The summed E-state index contributed by atoms with van der Waals surface area (Å²) in [5.41, 5.74) is 1.55. The SMILES string of the molecule is Cc1c2c(=O)n(C)[nH]c2cc(=O)n1C(C)c1ccc(F)cc1. The van der Waals surface area contributed by atoms with E-state index in [1.165, 1.54) is 22.9 Å². The topological polar surface area (TPSA) is 59.8 Å². The van der Waals surface area contributed by atoms with Crippen LogP contribution in [0.1, 0.15) is 24.2 Å². The molecule has 2 heterocycles. The zero-order chi connectivity index (χ0) is 16.0. The van der Waals surface area contributed by atoms with Gasteiger partial charge in [0, 0.05) is 18.8 Å². The van der Waals surface area contributed by atoms with Gasteiger partial charge in [-0.3, -0.25) is 19.4 Å². The maximum Gasteiger partial charge on any atom is 0.275 e. The summed E-state index contributed by atoms with van der Waals surface area (Å²) in [5, 5.41) is 3.36. The summed E-state index contributed by atoms with van der Waals surface area (Å²) in [7, 11) is 1.61. The summed E-state index contributed by atoms with van der Waals surface area (Å²) in [6, 6.07) is 7.14. The van der Waals surface area contributed by atoms with E-state index in [2.05, 4.69) is 5.10 Å². The highest BCUT2D eigenvalue weighted by atomic mass is 19.1. The molecule has 1 aromatic carbocycles. The number of H-pyrrole nitrogens is 1. The van der Waals surface area contributed by atoms with Crippen molar-refractivity contribution >= 4 is 10.9 Å². The van der Waals surface area contributed by atoms with Gasteiger partial charge in [-0.25, -0.2) is 4.39 Å². The van der Waals surface area contributed by atoms with Crippen LogP contribution in [0.5, 0.6) is 0 Å². The minimum atomic E-state index is -0.324. The molecular weight excluding hydrogens is 285 g/mol. The number of nitrogens with zero attached hydrogens (tertiary/aromatic N) is 2. The van der Waals surface area contributed by atoms with Crippen molar-refractivity contribution in [1.82, 2.24) is 14.3 Å². The Morgan fingerprint density at radius 3 is 2.45 bits per heavy atom. The molecule has 0 saturated carbocycles. The van der Waals surface area contributed by atoms with Gasteiger partial charge in [0.25, 0.3) is 11.1 Å². The van der Waals surface area contributed by atoms with Crippen molar-refractivity contribution in [3.8, 4) is 0 Å². The second-order valence-corrected chi connectivity index (χ2v) is 5.43. The standard InChI is InChI=1S/C16H16FN3O2/c1-9(11-4-6-12(17)7-5-11)20-10(2)15-13(8-14(20)21)18-19(3)16(15)22/h4-9,18H,1-3H3. The molecule has 0 aliphatic heterocycles. The van der Waals surface area contributed by atoms with E-state index in [0.29, 0.717) is 16.6 Å². The normalized spacial score (nSPS) is 12.7. The fourth-order valence-corrected chi connectivity index (χ4v) is 2.87. The Hall–Kier alpha value is -2.63. The molecule has 1 unspecified atom stereocenters. The highest BCUT2D eigenvalue weighted by Gasteiger charge is 2.17. The number of aromatic amines is 1. The third kappa shape index (κ3) is 2.07. The molecule has 5 nitrogen and oxygen atoms in total. The summed E-state index contributed by atoms with van der Waals surface area (Å²) < 4.78 is 16.0. The number of aryl methyl sites for hydroxylation is 2. The van der Waals surface area contributed by atoms with Crippen molar-refractivity contribution in [1.29, 1.82) is 0 Å². The van der Waals surface area contributed by atoms with Crippen molar-refractivity contribution in [2.24, 2.45) is 7.05 Å². The number of fused-ring (bicyclic) bond motifs is 1. The van der Waals surface area contributed by atoms with Gasteiger partial charge in [-0.15, -0.1) is 0 Å². The number of nitrogens with one attached hydrogen (secondary N) is 1. The highest BCUT2D eigenvalue weighted by Crippen LogP contribution is 2.20. The van der Waals surface area contributed by atoms with Gasteiger partial charge >= 0.3 is 0 Å². The fourth-order valence-electron chi connectivity index (χ4n) is 2.87. The smallest absolute Gasteiger partial charge is 0.275 e. The van der Waals surface area contributed by atoms with Gasteiger partial charge in [-0.05, 0) is 31.5 Å². The second kappa shape index (κ2) is 4.98. The largest absolute Gasteiger partial charge is 0.305 e. The summed E-state index contributed by atoms with van der Waals surface area (Å²) in [5.74, 6) is -0.324. The third-order valence-corrected chi connectivity index (χ3v) is 4.04. The molecule has 3 aromatic rings. The zero-order valence-electron chi connectivity index (χ0n) is 12.6. The Morgan fingerprint density at radius 2 is 1.82 bits per heavy atom. The number of aromatic nitrogens is 3. The lowest BCUT2D eigenvalue weighted by Crippen LogP contribution is -2.26. The van der Waals surface area contributed by atoms with Gasteiger partial charge in [0.2, 0.25) is 0 Å².